The third-order valence-electron chi connectivity index (χ3n) is 5.17. The van der Waals surface area contributed by atoms with E-state index in [1.165, 1.54) is 0 Å². The molecule has 4 rings (SSSR count). The molecule has 0 spiro atoms. The van der Waals surface area contributed by atoms with Crippen molar-refractivity contribution in [3.05, 3.63) is 72.3 Å². The average Bonchev–Trinajstić information content (AvgIpc) is 3.15. The second kappa shape index (κ2) is 8.95. The maximum absolute atomic E-state index is 12.9. The fraction of sp³-hybridized carbons (Fsp3) is 0.250. The number of carbonyl (C=O) groups is 2. The van der Waals surface area contributed by atoms with Gasteiger partial charge in [0.2, 0.25) is 5.91 Å². The average molecular weight is 415 g/mol. The number of benzene rings is 1. The minimum absolute atomic E-state index is 0.216. The molecule has 4 aromatic rings. The number of pyridine rings is 2. The molecule has 0 fully saturated rings. The van der Waals surface area contributed by atoms with Crippen LogP contribution >= 0.6 is 0 Å². The molecule has 0 radical (unpaired) electrons. The van der Waals surface area contributed by atoms with E-state index in [1.54, 1.807) is 24.7 Å². The van der Waals surface area contributed by atoms with Crippen LogP contribution in [0, 0.1) is 5.92 Å². The van der Waals surface area contributed by atoms with Crippen LogP contribution in [-0.4, -0.2) is 32.8 Å². The molecule has 3 heterocycles. The molecule has 1 atom stereocenters. The van der Waals surface area contributed by atoms with Gasteiger partial charge in [-0.1, -0.05) is 32.0 Å². The van der Waals surface area contributed by atoms with Crippen LogP contribution < -0.4 is 10.6 Å². The Morgan fingerprint density at radius 3 is 2.58 bits per heavy atom. The predicted octanol–water partition coefficient (Wildman–Crippen LogP) is 3.57. The molecule has 0 aliphatic heterocycles. The van der Waals surface area contributed by atoms with Gasteiger partial charge in [0.1, 0.15) is 11.7 Å². The van der Waals surface area contributed by atoms with E-state index in [-0.39, 0.29) is 23.4 Å². The van der Waals surface area contributed by atoms with Crippen molar-refractivity contribution in [2.75, 3.05) is 0 Å². The van der Waals surface area contributed by atoms with Crippen LogP contribution in [0.2, 0.25) is 0 Å². The minimum atomic E-state index is -0.644. The zero-order valence-electron chi connectivity index (χ0n) is 17.6. The summed E-state index contributed by atoms with van der Waals surface area (Å²) in [5, 5.41) is 7.73. The maximum Gasteiger partial charge on any atom is 0.270 e. The smallest absolute Gasteiger partial charge is 0.270 e. The number of hydrogen-bond acceptors (Lipinski definition) is 4. The highest BCUT2D eigenvalue weighted by Gasteiger charge is 2.23. The van der Waals surface area contributed by atoms with Gasteiger partial charge in [0.05, 0.1) is 11.7 Å². The van der Waals surface area contributed by atoms with Crippen LogP contribution in [0.5, 0.6) is 0 Å². The Labute approximate surface area is 180 Å². The monoisotopic (exact) mass is 415 g/mol. The number of nitrogens with one attached hydrogen (secondary N) is 3. The molecule has 0 aliphatic rings. The lowest BCUT2D eigenvalue weighted by atomic mass is 10.0. The molecule has 158 valence electrons. The number of fused-ring (bicyclic) bond motifs is 3. The van der Waals surface area contributed by atoms with Crippen LogP contribution in [0.3, 0.4) is 0 Å². The maximum atomic E-state index is 12.9. The molecule has 1 aromatic carbocycles. The quantitative estimate of drug-likeness (QED) is 0.430. The number of amides is 2. The molecule has 31 heavy (non-hydrogen) atoms. The number of hydrogen-bond donors (Lipinski definition) is 3. The van der Waals surface area contributed by atoms with E-state index < -0.39 is 6.04 Å². The van der Waals surface area contributed by atoms with Gasteiger partial charge in [0, 0.05) is 35.2 Å². The van der Waals surface area contributed by atoms with Crippen molar-refractivity contribution in [3.8, 4) is 0 Å². The summed E-state index contributed by atoms with van der Waals surface area (Å²) in [6.07, 6.45) is 5.55. The second-order valence-electron chi connectivity index (χ2n) is 8.01. The molecular weight excluding hydrogens is 390 g/mol. The van der Waals surface area contributed by atoms with E-state index in [2.05, 4.69) is 25.6 Å². The van der Waals surface area contributed by atoms with Gasteiger partial charge in [-0.3, -0.25) is 14.6 Å². The number of H-pyrrole nitrogens is 1. The van der Waals surface area contributed by atoms with Gasteiger partial charge in [0.15, 0.2) is 0 Å². The van der Waals surface area contributed by atoms with Gasteiger partial charge in [-0.25, -0.2) is 4.98 Å². The van der Waals surface area contributed by atoms with Crippen molar-refractivity contribution in [2.45, 2.75) is 32.9 Å². The molecule has 2 amide bonds. The number of aromatic nitrogens is 3. The van der Waals surface area contributed by atoms with E-state index >= 15 is 0 Å². The molecule has 7 nitrogen and oxygen atoms in total. The molecule has 7 heteroatoms. The van der Waals surface area contributed by atoms with Crippen LogP contribution in [0.15, 0.2) is 61.1 Å². The zero-order valence-corrected chi connectivity index (χ0v) is 17.6. The lowest BCUT2D eigenvalue weighted by molar-refractivity contribution is -0.123. The lowest BCUT2D eigenvalue weighted by Crippen LogP contribution is -2.47. The van der Waals surface area contributed by atoms with Crippen LogP contribution in [0.4, 0.5) is 0 Å². The van der Waals surface area contributed by atoms with Crippen molar-refractivity contribution in [1.29, 1.82) is 0 Å². The summed E-state index contributed by atoms with van der Waals surface area (Å²) in [5.41, 5.74) is 3.09. The standard InChI is InChI=1S/C24H25N5O2/c1-15(2)11-21(23(30)27-13-16-7-9-25-10-8-16)29-24(31)20-12-18-17-5-3-4-6-19(17)28-22(18)14-26-20/h3-10,12,14-15,21,28H,11,13H2,1-2H3,(H,27,30)(H,29,31). The number of carbonyl (C=O) groups excluding carboxylic acids is 2. The fourth-order valence-electron chi connectivity index (χ4n) is 3.62. The molecule has 0 saturated carbocycles. The van der Waals surface area contributed by atoms with Crippen molar-refractivity contribution < 1.29 is 9.59 Å². The van der Waals surface area contributed by atoms with E-state index in [1.807, 2.05) is 50.2 Å². The summed E-state index contributed by atoms with van der Waals surface area (Å²) >= 11 is 0. The SMILES string of the molecule is CC(C)CC(NC(=O)c1cc2c(cn1)[nH]c1ccccc12)C(=O)NCc1ccncc1. The highest BCUT2D eigenvalue weighted by atomic mass is 16.2. The minimum Gasteiger partial charge on any atom is -0.353 e. The Bertz CT molecular complexity index is 1220. The molecule has 1 unspecified atom stereocenters. The van der Waals surface area contributed by atoms with Gasteiger partial charge in [0.25, 0.3) is 5.91 Å². The van der Waals surface area contributed by atoms with Crippen molar-refractivity contribution in [1.82, 2.24) is 25.6 Å². The highest BCUT2D eigenvalue weighted by Crippen LogP contribution is 2.25. The van der Waals surface area contributed by atoms with E-state index in [0.29, 0.717) is 13.0 Å². The topological polar surface area (TPSA) is 99.8 Å². The van der Waals surface area contributed by atoms with E-state index in [0.717, 1.165) is 27.4 Å². The molecule has 0 aliphatic carbocycles. The van der Waals surface area contributed by atoms with Crippen molar-refractivity contribution in [3.63, 3.8) is 0 Å². The second-order valence-corrected chi connectivity index (χ2v) is 8.01. The molecule has 0 saturated heterocycles. The summed E-state index contributed by atoms with van der Waals surface area (Å²) in [5.74, 6) is -0.343. The van der Waals surface area contributed by atoms with Gasteiger partial charge in [-0.15, -0.1) is 0 Å². The Morgan fingerprint density at radius 2 is 1.81 bits per heavy atom. The zero-order chi connectivity index (χ0) is 21.8. The first kappa shape index (κ1) is 20.5. The first-order valence-corrected chi connectivity index (χ1v) is 10.3. The van der Waals surface area contributed by atoms with Gasteiger partial charge >= 0.3 is 0 Å². The third kappa shape index (κ3) is 4.71. The van der Waals surface area contributed by atoms with E-state index in [4.69, 9.17) is 0 Å². The Kier molecular flexibility index (Phi) is 5.93. The van der Waals surface area contributed by atoms with Crippen LogP contribution in [0.25, 0.3) is 21.8 Å². The molecule has 3 aromatic heterocycles. The summed E-state index contributed by atoms with van der Waals surface area (Å²) in [7, 11) is 0. The van der Waals surface area contributed by atoms with Crippen LogP contribution in [-0.2, 0) is 11.3 Å². The first-order valence-electron chi connectivity index (χ1n) is 10.3. The van der Waals surface area contributed by atoms with Crippen molar-refractivity contribution in [2.24, 2.45) is 5.92 Å². The summed E-state index contributed by atoms with van der Waals surface area (Å²) in [4.78, 5) is 37.3. The summed E-state index contributed by atoms with van der Waals surface area (Å²) in [6.45, 7) is 4.42. The number of para-hydroxylation sites is 1. The van der Waals surface area contributed by atoms with Gasteiger partial charge in [-0.2, -0.15) is 0 Å². The van der Waals surface area contributed by atoms with Crippen LogP contribution in [0.1, 0.15) is 36.3 Å². The Hall–Kier alpha value is -3.74. The number of aromatic amines is 1. The third-order valence-corrected chi connectivity index (χ3v) is 5.17. The Balaban J connectivity index is 1.51. The van der Waals surface area contributed by atoms with Gasteiger partial charge in [-0.05, 0) is 42.2 Å². The highest BCUT2D eigenvalue weighted by molar-refractivity contribution is 6.09. The van der Waals surface area contributed by atoms with Crippen molar-refractivity contribution >= 4 is 33.6 Å². The molecular formula is C24H25N5O2. The molecule has 3 N–H and O–H groups in total. The lowest BCUT2D eigenvalue weighted by Gasteiger charge is -2.20. The summed E-state index contributed by atoms with van der Waals surface area (Å²) < 4.78 is 0. The fourth-order valence-corrected chi connectivity index (χ4v) is 3.62. The Morgan fingerprint density at radius 1 is 1.03 bits per heavy atom. The first-order chi connectivity index (χ1) is 15.0. The summed E-state index contributed by atoms with van der Waals surface area (Å²) in [6, 6.07) is 12.7. The predicted molar refractivity (Wildman–Crippen MR) is 120 cm³/mol. The van der Waals surface area contributed by atoms with E-state index in [9.17, 15) is 9.59 Å². The molecule has 0 bridgehead atoms. The van der Waals surface area contributed by atoms with Gasteiger partial charge < -0.3 is 15.6 Å². The number of nitrogens with zero attached hydrogens (tertiary/aromatic N) is 2. The normalized spacial score (nSPS) is 12.2. The largest absolute Gasteiger partial charge is 0.353 e. The number of rotatable bonds is 7.